The lowest BCUT2D eigenvalue weighted by atomic mass is 10.1. The molecule has 0 saturated carbocycles. The highest BCUT2D eigenvalue weighted by Gasteiger charge is 2.08. The summed E-state index contributed by atoms with van der Waals surface area (Å²) in [5.74, 6) is 1.45. The van der Waals surface area contributed by atoms with Crippen LogP contribution in [0.3, 0.4) is 0 Å². The molecule has 0 amide bonds. The van der Waals surface area contributed by atoms with Crippen molar-refractivity contribution < 1.29 is 9.47 Å². The van der Waals surface area contributed by atoms with Gasteiger partial charge in [-0.15, -0.1) is 6.58 Å². The van der Waals surface area contributed by atoms with Gasteiger partial charge in [0.1, 0.15) is 0 Å². The number of benzene rings is 1. The van der Waals surface area contributed by atoms with Gasteiger partial charge >= 0.3 is 0 Å². The van der Waals surface area contributed by atoms with E-state index in [1.54, 1.807) is 6.08 Å². The van der Waals surface area contributed by atoms with Gasteiger partial charge < -0.3 is 14.8 Å². The molecule has 6 heteroatoms. The van der Waals surface area contributed by atoms with Crippen LogP contribution in [0.15, 0.2) is 36.0 Å². The van der Waals surface area contributed by atoms with Gasteiger partial charge in [-0.2, -0.15) is 5.10 Å². The third-order valence-corrected chi connectivity index (χ3v) is 2.93. The quantitative estimate of drug-likeness (QED) is 0.334. The maximum absolute atomic E-state index is 5.61. The van der Waals surface area contributed by atoms with Crippen molar-refractivity contribution >= 4 is 23.0 Å². The summed E-state index contributed by atoms with van der Waals surface area (Å²) in [6.45, 7) is 11.2. The summed E-state index contributed by atoms with van der Waals surface area (Å²) in [5, 5.41) is 7.66. The van der Waals surface area contributed by atoms with E-state index in [-0.39, 0.29) is 0 Å². The van der Waals surface area contributed by atoms with Crippen molar-refractivity contribution in [2.24, 2.45) is 5.10 Å². The van der Waals surface area contributed by atoms with Crippen LogP contribution >= 0.6 is 12.2 Å². The summed E-state index contributed by atoms with van der Waals surface area (Å²) >= 11 is 5.09. The average molecular weight is 321 g/mol. The summed E-state index contributed by atoms with van der Waals surface area (Å²) in [6, 6.07) is 5.74. The lowest BCUT2D eigenvalue weighted by Crippen LogP contribution is -2.32. The smallest absolute Gasteiger partial charge is 0.187 e. The Morgan fingerprint density at radius 3 is 2.59 bits per heavy atom. The SMILES string of the molecule is C=CCNC(=S)N/N=C(/C)c1ccc(OCC)c(OCC)c1. The summed E-state index contributed by atoms with van der Waals surface area (Å²) in [4.78, 5) is 0. The maximum Gasteiger partial charge on any atom is 0.187 e. The molecule has 0 aliphatic rings. The Bertz CT molecular complexity index is 544. The molecule has 0 aliphatic heterocycles. The molecule has 0 atom stereocenters. The molecule has 5 nitrogen and oxygen atoms in total. The zero-order valence-corrected chi connectivity index (χ0v) is 14.1. The molecule has 120 valence electrons. The number of hydrazone groups is 1. The Hall–Kier alpha value is -2.08. The molecule has 0 heterocycles. The first-order valence-corrected chi connectivity index (χ1v) is 7.62. The Morgan fingerprint density at radius 2 is 1.95 bits per heavy atom. The van der Waals surface area contributed by atoms with Crippen LogP contribution in [-0.2, 0) is 0 Å². The molecular formula is C16H23N3O2S. The summed E-state index contributed by atoms with van der Waals surface area (Å²) in [5.41, 5.74) is 4.53. The van der Waals surface area contributed by atoms with E-state index in [2.05, 4.69) is 22.4 Å². The molecule has 0 bridgehead atoms. The molecular weight excluding hydrogens is 298 g/mol. The number of nitrogens with zero attached hydrogens (tertiary/aromatic N) is 1. The van der Waals surface area contributed by atoms with E-state index in [1.165, 1.54) is 0 Å². The van der Waals surface area contributed by atoms with Gasteiger partial charge in [0, 0.05) is 12.1 Å². The van der Waals surface area contributed by atoms with Crippen LogP contribution in [0.1, 0.15) is 26.3 Å². The number of hydrogen-bond acceptors (Lipinski definition) is 4. The minimum Gasteiger partial charge on any atom is -0.490 e. The van der Waals surface area contributed by atoms with Crippen molar-refractivity contribution in [3.05, 3.63) is 36.4 Å². The molecule has 1 aromatic carbocycles. The Kier molecular flexibility index (Phi) is 7.99. The van der Waals surface area contributed by atoms with E-state index in [0.717, 1.165) is 17.0 Å². The van der Waals surface area contributed by atoms with E-state index in [4.69, 9.17) is 21.7 Å². The van der Waals surface area contributed by atoms with Crippen LogP contribution in [0.2, 0.25) is 0 Å². The van der Waals surface area contributed by atoms with Crippen LogP contribution in [0.5, 0.6) is 11.5 Å². The minimum atomic E-state index is 0.454. The lowest BCUT2D eigenvalue weighted by molar-refractivity contribution is 0.287. The zero-order chi connectivity index (χ0) is 16.4. The van der Waals surface area contributed by atoms with Crippen LogP contribution in [-0.4, -0.2) is 30.6 Å². The molecule has 0 aromatic heterocycles. The van der Waals surface area contributed by atoms with Crippen molar-refractivity contribution in [3.63, 3.8) is 0 Å². The molecule has 0 aliphatic carbocycles. The lowest BCUT2D eigenvalue weighted by Gasteiger charge is -2.12. The maximum atomic E-state index is 5.61. The first-order valence-electron chi connectivity index (χ1n) is 7.21. The standard InChI is InChI=1S/C16H23N3O2S/c1-5-10-17-16(22)19-18-12(4)13-8-9-14(20-6-2)15(11-13)21-7-3/h5,8-9,11H,1,6-7,10H2,2-4H3,(H2,17,19,22)/b18-12-. The van der Waals surface area contributed by atoms with E-state index in [0.29, 0.717) is 30.6 Å². The number of nitrogens with one attached hydrogen (secondary N) is 2. The predicted molar refractivity (Wildman–Crippen MR) is 94.9 cm³/mol. The van der Waals surface area contributed by atoms with Gasteiger partial charge in [-0.3, -0.25) is 5.43 Å². The number of rotatable bonds is 8. The first kappa shape index (κ1) is 18.0. The summed E-state index contributed by atoms with van der Waals surface area (Å²) in [6.07, 6.45) is 1.73. The normalized spacial score (nSPS) is 10.8. The molecule has 1 aromatic rings. The van der Waals surface area contributed by atoms with Crippen LogP contribution in [0.4, 0.5) is 0 Å². The monoisotopic (exact) mass is 321 g/mol. The van der Waals surface area contributed by atoms with Crippen LogP contribution in [0.25, 0.3) is 0 Å². The van der Waals surface area contributed by atoms with Crippen molar-refractivity contribution in [1.82, 2.24) is 10.7 Å². The Balaban J connectivity index is 2.83. The Labute approximate surface area is 137 Å². The fourth-order valence-corrected chi connectivity index (χ4v) is 1.81. The fourth-order valence-electron chi connectivity index (χ4n) is 1.68. The first-order chi connectivity index (χ1) is 10.6. The van der Waals surface area contributed by atoms with Crippen LogP contribution in [0, 0.1) is 0 Å². The van der Waals surface area contributed by atoms with E-state index in [9.17, 15) is 0 Å². The highest BCUT2D eigenvalue weighted by Crippen LogP contribution is 2.28. The van der Waals surface area contributed by atoms with Crippen molar-refractivity contribution in [3.8, 4) is 11.5 Å². The summed E-state index contributed by atoms with van der Waals surface area (Å²) < 4.78 is 11.2. The van der Waals surface area contributed by atoms with Gasteiger partial charge in [0.25, 0.3) is 0 Å². The molecule has 1 rings (SSSR count). The summed E-state index contributed by atoms with van der Waals surface area (Å²) in [7, 11) is 0. The van der Waals surface area contributed by atoms with Gasteiger partial charge in [-0.05, 0) is 51.2 Å². The van der Waals surface area contributed by atoms with Crippen molar-refractivity contribution in [2.45, 2.75) is 20.8 Å². The van der Waals surface area contributed by atoms with Gasteiger partial charge in [0.15, 0.2) is 16.6 Å². The molecule has 22 heavy (non-hydrogen) atoms. The molecule has 0 spiro atoms. The van der Waals surface area contributed by atoms with Gasteiger partial charge in [-0.1, -0.05) is 6.08 Å². The second kappa shape index (κ2) is 9.78. The average Bonchev–Trinajstić information content (AvgIpc) is 2.52. The third-order valence-electron chi connectivity index (χ3n) is 2.69. The Morgan fingerprint density at radius 1 is 1.27 bits per heavy atom. The molecule has 0 unspecified atom stereocenters. The highest BCUT2D eigenvalue weighted by molar-refractivity contribution is 7.80. The van der Waals surface area contributed by atoms with Gasteiger partial charge in [0.05, 0.1) is 18.9 Å². The van der Waals surface area contributed by atoms with Gasteiger partial charge in [-0.25, -0.2) is 0 Å². The predicted octanol–water partition coefficient (Wildman–Crippen LogP) is 2.86. The van der Waals surface area contributed by atoms with E-state index < -0.39 is 0 Å². The van der Waals surface area contributed by atoms with Crippen LogP contribution < -0.4 is 20.2 Å². The topological polar surface area (TPSA) is 54.9 Å². The molecule has 0 fully saturated rings. The second-order valence-corrected chi connectivity index (χ2v) is 4.74. The third kappa shape index (κ3) is 5.73. The van der Waals surface area contributed by atoms with Gasteiger partial charge in [0.2, 0.25) is 0 Å². The minimum absolute atomic E-state index is 0.454. The van der Waals surface area contributed by atoms with Crippen molar-refractivity contribution in [2.75, 3.05) is 19.8 Å². The highest BCUT2D eigenvalue weighted by atomic mass is 32.1. The van der Waals surface area contributed by atoms with E-state index >= 15 is 0 Å². The fraction of sp³-hybridized carbons (Fsp3) is 0.375. The number of hydrogen-bond donors (Lipinski definition) is 2. The molecule has 0 saturated heterocycles. The number of ether oxygens (including phenoxy) is 2. The number of thiocarbonyl (C=S) groups is 1. The second-order valence-electron chi connectivity index (χ2n) is 4.34. The zero-order valence-electron chi connectivity index (χ0n) is 13.3. The van der Waals surface area contributed by atoms with Crippen molar-refractivity contribution in [1.29, 1.82) is 0 Å². The molecule has 0 radical (unpaired) electrons. The van der Waals surface area contributed by atoms with E-state index in [1.807, 2.05) is 39.0 Å². The largest absolute Gasteiger partial charge is 0.490 e. The molecule has 2 N–H and O–H groups in total.